The van der Waals surface area contributed by atoms with Gasteiger partial charge in [-0.2, -0.15) is 0 Å². The van der Waals surface area contributed by atoms with Crippen LogP contribution in [0.25, 0.3) is 105 Å². The molecule has 0 N–H and O–H groups in total. The Kier molecular flexibility index (Phi) is 6.84. The molecule has 296 valence electrons. The van der Waals surface area contributed by atoms with Gasteiger partial charge in [-0.05, 0) is 101 Å². The predicted molar refractivity (Wildman–Crippen MR) is 259 cm³/mol. The van der Waals surface area contributed by atoms with Gasteiger partial charge in [0, 0.05) is 60.5 Å². The van der Waals surface area contributed by atoms with Gasteiger partial charge in [0.1, 0.15) is 16.7 Å². The van der Waals surface area contributed by atoms with E-state index in [2.05, 4.69) is 181 Å². The van der Waals surface area contributed by atoms with Crippen LogP contribution < -0.4 is 4.90 Å². The van der Waals surface area contributed by atoms with E-state index in [0.29, 0.717) is 5.89 Å². The molecule has 0 radical (unpaired) electrons. The van der Waals surface area contributed by atoms with E-state index in [1.807, 2.05) is 30.3 Å². The van der Waals surface area contributed by atoms with Gasteiger partial charge in [-0.15, -0.1) is 0 Å². The summed E-state index contributed by atoms with van der Waals surface area (Å²) in [5.41, 5.74) is 18.4. The molecule has 9 aromatic carbocycles. The molecule has 0 amide bonds. The van der Waals surface area contributed by atoms with Crippen LogP contribution in [0.1, 0.15) is 25.0 Å². The summed E-state index contributed by atoms with van der Waals surface area (Å²) in [4.78, 5) is 7.52. The van der Waals surface area contributed by atoms with E-state index in [1.165, 1.54) is 38.5 Å². The summed E-state index contributed by atoms with van der Waals surface area (Å²) >= 11 is 0. The molecule has 63 heavy (non-hydrogen) atoms. The van der Waals surface area contributed by atoms with Crippen molar-refractivity contribution in [3.05, 3.63) is 199 Å². The lowest BCUT2D eigenvalue weighted by Gasteiger charge is -2.28. The normalized spacial score (nSPS) is 13.4. The van der Waals surface area contributed by atoms with Crippen molar-refractivity contribution in [3.8, 4) is 33.7 Å². The topological polar surface area (TPSA) is 46.8 Å². The van der Waals surface area contributed by atoms with Gasteiger partial charge in [0.25, 0.3) is 0 Å². The van der Waals surface area contributed by atoms with E-state index in [9.17, 15) is 0 Å². The standard InChI is InChI=1S/C58H37N3O2/c1-58(2)47-20-9-6-15-40(47)41-29-27-38(32-48(41)58)60(36-25-23-34(24-26-36)39-18-12-19-44-43-17-8-11-22-52(43)62-55(39)44)37-28-30-51-46(31-37)53-54-45(42-16-7-10-21-50(42)61(51)54)33-49-56(53)63-57(59-49)35-13-4-3-5-14-35/h3-33H,1-2H3. The highest BCUT2D eigenvalue weighted by atomic mass is 16.3. The molecular formula is C58H37N3O2. The van der Waals surface area contributed by atoms with Gasteiger partial charge in [0.15, 0.2) is 5.58 Å². The molecule has 0 spiro atoms. The number of anilines is 3. The molecule has 0 fully saturated rings. The average molecular weight is 808 g/mol. The molecule has 0 unspecified atom stereocenters. The first-order valence-electron chi connectivity index (χ1n) is 21.6. The molecule has 0 saturated carbocycles. The summed E-state index contributed by atoms with van der Waals surface area (Å²) in [5, 5.41) is 6.82. The number of hydrogen-bond donors (Lipinski definition) is 0. The second kappa shape index (κ2) is 12.5. The van der Waals surface area contributed by atoms with Crippen LogP contribution in [0.2, 0.25) is 0 Å². The number of benzene rings is 9. The quantitative estimate of drug-likeness (QED) is 0.174. The largest absolute Gasteiger partial charge is 0.455 e. The van der Waals surface area contributed by atoms with E-state index < -0.39 is 0 Å². The SMILES string of the molecule is CC1(C)c2ccccc2-c2ccc(N(c3ccc(-c4cccc5c4oc4ccccc45)cc3)c3ccc4c(c3)c3c5oc(-c6ccccc6)nc5cc5c6ccccc6n4c53)cc21. The molecular weight excluding hydrogens is 771 g/mol. The van der Waals surface area contributed by atoms with Gasteiger partial charge in [0.05, 0.1) is 21.9 Å². The van der Waals surface area contributed by atoms with Crippen LogP contribution in [0.3, 0.4) is 0 Å². The molecule has 0 bridgehead atoms. The van der Waals surface area contributed by atoms with Crippen LogP contribution in [-0.4, -0.2) is 9.38 Å². The molecule has 0 atom stereocenters. The minimum atomic E-state index is -0.157. The Morgan fingerprint density at radius 1 is 0.460 bits per heavy atom. The van der Waals surface area contributed by atoms with E-state index in [0.717, 1.165) is 88.6 Å². The lowest BCUT2D eigenvalue weighted by molar-refractivity contribution is 0.623. The monoisotopic (exact) mass is 807 g/mol. The fraction of sp³-hybridized carbons (Fsp3) is 0.0517. The van der Waals surface area contributed by atoms with Crippen LogP contribution in [-0.2, 0) is 5.41 Å². The first kappa shape index (κ1) is 34.6. The Hall–Kier alpha value is -8.15. The van der Waals surface area contributed by atoms with Crippen molar-refractivity contribution >= 4 is 88.2 Å². The Bertz CT molecular complexity index is 4000. The predicted octanol–water partition coefficient (Wildman–Crippen LogP) is 16.0. The zero-order chi connectivity index (χ0) is 41.6. The molecule has 5 nitrogen and oxygen atoms in total. The molecule has 0 aliphatic heterocycles. The molecule has 1 aliphatic rings. The van der Waals surface area contributed by atoms with E-state index >= 15 is 0 Å². The molecule has 1 aliphatic carbocycles. The highest BCUT2D eigenvalue weighted by Crippen LogP contribution is 2.52. The van der Waals surface area contributed by atoms with Crippen molar-refractivity contribution in [1.29, 1.82) is 0 Å². The summed E-state index contributed by atoms with van der Waals surface area (Å²) in [6.07, 6.45) is 0. The smallest absolute Gasteiger partial charge is 0.227 e. The van der Waals surface area contributed by atoms with Crippen LogP contribution in [0.4, 0.5) is 17.1 Å². The number of fused-ring (bicyclic) bond motifs is 14. The minimum absolute atomic E-state index is 0.157. The van der Waals surface area contributed by atoms with Crippen molar-refractivity contribution in [1.82, 2.24) is 9.38 Å². The Morgan fingerprint density at radius 2 is 1.14 bits per heavy atom. The molecule has 4 aromatic heterocycles. The fourth-order valence-electron chi connectivity index (χ4n) is 10.8. The number of rotatable bonds is 5. The highest BCUT2D eigenvalue weighted by Gasteiger charge is 2.36. The summed E-state index contributed by atoms with van der Waals surface area (Å²) in [7, 11) is 0. The van der Waals surface area contributed by atoms with Crippen LogP contribution in [0.5, 0.6) is 0 Å². The summed E-state index contributed by atoms with van der Waals surface area (Å²) < 4.78 is 15.7. The Balaban J connectivity index is 1.00. The number of hydrogen-bond acceptors (Lipinski definition) is 4. The summed E-state index contributed by atoms with van der Waals surface area (Å²) in [6.45, 7) is 4.70. The third-order valence-corrected chi connectivity index (χ3v) is 13.7. The van der Waals surface area contributed by atoms with Crippen molar-refractivity contribution in [2.24, 2.45) is 0 Å². The van der Waals surface area contributed by atoms with Crippen LogP contribution in [0.15, 0.2) is 197 Å². The molecule has 14 rings (SSSR count). The maximum absolute atomic E-state index is 6.80. The number of nitrogens with zero attached hydrogens (tertiary/aromatic N) is 3. The molecule has 5 heteroatoms. The maximum atomic E-state index is 6.80. The number of furan rings is 1. The Labute approximate surface area is 362 Å². The second-order valence-electron chi connectivity index (χ2n) is 17.5. The second-order valence-corrected chi connectivity index (χ2v) is 17.5. The number of para-hydroxylation sites is 3. The van der Waals surface area contributed by atoms with E-state index in [-0.39, 0.29) is 5.41 Å². The summed E-state index contributed by atoms with van der Waals surface area (Å²) in [6, 6.07) is 67.5. The van der Waals surface area contributed by atoms with Crippen LogP contribution >= 0.6 is 0 Å². The zero-order valence-electron chi connectivity index (χ0n) is 34.6. The molecule has 13 aromatic rings. The van der Waals surface area contributed by atoms with Gasteiger partial charge < -0.3 is 18.1 Å². The first-order valence-corrected chi connectivity index (χ1v) is 21.6. The van der Waals surface area contributed by atoms with Gasteiger partial charge in [-0.3, -0.25) is 0 Å². The fourth-order valence-corrected chi connectivity index (χ4v) is 10.8. The highest BCUT2D eigenvalue weighted by molar-refractivity contribution is 6.30. The third kappa shape index (κ3) is 4.74. The minimum Gasteiger partial charge on any atom is -0.455 e. The summed E-state index contributed by atoms with van der Waals surface area (Å²) in [5.74, 6) is 0.622. The lowest BCUT2D eigenvalue weighted by Crippen LogP contribution is -2.16. The van der Waals surface area contributed by atoms with Gasteiger partial charge >= 0.3 is 0 Å². The molecule has 4 heterocycles. The Morgan fingerprint density at radius 3 is 2.03 bits per heavy atom. The van der Waals surface area contributed by atoms with Crippen molar-refractivity contribution in [2.45, 2.75) is 19.3 Å². The van der Waals surface area contributed by atoms with Crippen molar-refractivity contribution in [3.63, 3.8) is 0 Å². The number of oxazole rings is 1. The maximum Gasteiger partial charge on any atom is 0.227 e. The van der Waals surface area contributed by atoms with E-state index in [1.54, 1.807) is 0 Å². The van der Waals surface area contributed by atoms with Crippen LogP contribution in [0, 0.1) is 0 Å². The van der Waals surface area contributed by atoms with Gasteiger partial charge in [0.2, 0.25) is 5.89 Å². The molecule has 0 saturated heterocycles. The van der Waals surface area contributed by atoms with E-state index in [4.69, 9.17) is 13.8 Å². The van der Waals surface area contributed by atoms with Gasteiger partial charge in [-0.1, -0.05) is 129 Å². The van der Waals surface area contributed by atoms with Gasteiger partial charge in [-0.25, -0.2) is 4.98 Å². The third-order valence-electron chi connectivity index (χ3n) is 13.7. The van der Waals surface area contributed by atoms with Crippen molar-refractivity contribution in [2.75, 3.05) is 4.90 Å². The van der Waals surface area contributed by atoms with Crippen molar-refractivity contribution < 1.29 is 8.83 Å². The average Bonchev–Trinajstić information content (AvgIpc) is 4.13. The lowest BCUT2D eigenvalue weighted by atomic mass is 9.82. The number of aromatic nitrogens is 2. The zero-order valence-corrected chi connectivity index (χ0v) is 34.6. The first-order chi connectivity index (χ1) is 31.0.